The van der Waals surface area contributed by atoms with Gasteiger partial charge in [0.2, 0.25) is 6.54 Å². The largest absolute Gasteiger partial charge is 0.444 e. The lowest BCUT2D eigenvalue weighted by molar-refractivity contribution is 0.0512. The maximum atomic E-state index is 11.1. The predicted octanol–water partition coefficient (Wildman–Crippen LogP) is 1.82. The molecular weight excluding hydrogens is 168 g/mol. The summed E-state index contributed by atoms with van der Waals surface area (Å²) in [6.45, 7) is 14.0. The third-order valence-corrected chi connectivity index (χ3v) is 1.13. The highest BCUT2D eigenvalue weighted by Gasteiger charge is 2.18. The second-order valence-electron chi connectivity index (χ2n) is 3.89. The molecule has 4 nitrogen and oxygen atoms in total. The molecule has 0 fully saturated rings. The first-order chi connectivity index (χ1) is 5.85. The average molecular weight is 184 g/mol. The Bertz CT molecular complexity index is 213. The monoisotopic (exact) mass is 184 g/mol. The summed E-state index contributed by atoms with van der Waals surface area (Å²) in [5, 5.41) is 2.56. The van der Waals surface area contributed by atoms with Gasteiger partial charge in [-0.25, -0.2) is 11.4 Å². The van der Waals surface area contributed by atoms with Crippen LogP contribution in [0.1, 0.15) is 27.7 Å². The molecule has 0 saturated carbocycles. The Morgan fingerprint density at radius 3 is 2.54 bits per heavy atom. The van der Waals surface area contributed by atoms with Crippen LogP contribution in [0, 0.1) is 6.57 Å². The molecule has 0 spiro atoms. The van der Waals surface area contributed by atoms with E-state index in [0.717, 1.165) is 0 Å². The van der Waals surface area contributed by atoms with Crippen molar-refractivity contribution in [1.29, 1.82) is 0 Å². The number of carbonyl (C=O) groups excluding carboxylic acids is 1. The fraction of sp³-hybridized carbons (Fsp3) is 0.778. The smallest absolute Gasteiger partial charge is 0.408 e. The molecule has 1 atom stereocenters. The highest BCUT2D eigenvalue weighted by molar-refractivity contribution is 5.68. The molecule has 0 aromatic carbocycles. The highest BCUT2D eigenvalue weighted by atomic mass is 16.6. The van der Waals surface area contributed by atoms with Gasteiger partial charge in [0.25, 0.3) is 0 Å². The minimum absolute atomic E-state index is 0.160. The summed E-state index contributed by atoms with van der Waals surface area (Å²) in [5.74, 6) is 0. The maximum Gasteiger partial charge on any atom is 0.408 e. The summed E-state index contributed by atoms with van der Waals surface area (Å²) in [6.07, 6.45) is -0.469. The zero-order valence-corrected chi connectivity index (χ0v) is 8.55. The minimum atomic E-state index is -0.484. The van der Waals surface area contributed by atoms with Crippen molar-refractivity contribution in [1.82, 2.24) is 5.32 Å². The molecule has 0 aliphatic heterocycles. The first kappa shape index (κ1) is 11.8. The third-order valence-electron chi connectivity index (χ3n) is 1.13. The van der Waals surface area contributed by atoms with Gasteiger partial charge < -0.3 is 14.9 Å². The number of ether oxygens (including phenoxy) is 1. The molecule has 0 aromatic rings. The van der Waals surface area contributed by atoms with Crippen molar-refractivity contribution in [2.75, 3.05) is 6.54 Å². The van der Waals surface area contributed by atoms with Crippen molar-refractivity contribution in [3.05, 3.63) is 11.4 Å². The van der Waals surface area contributed by atoms with E-state index in [1.165, 1.54) is 0 Å². The summed E-state index contributed by atoms with van der Waals surface area (Å²) >= 11 is 0. The van der Waals surface area contributed by atoms with Gasteiger partial charge in [-0.05, 0) is 27.7 Å². The Kier molecular flexibility index (Phi) is 4.26. The number of nitrogens with one attached hydrogen (secondary N) is 1. The molecular formula is C9H16N2O2. The van der Waals surface area contributed by atoms with Crippen LogP contribution in [0.5, 0.6) is 0 Å². The summed E-state index contributed by atoms with van der Waals surface area (Å²) < 4.78 is 5.00. The Morgan fingerprint density at radius 2 is 2.15 bits per heavy atom. The molecule has 74 valence electrons. The van der Waals surface area contributed by atoms with Gasteiger partial charge in [-0.15, -0.1) is 0 Å². The van der Waals surface area contributed by atoms with Crippen molar-refractivity contribution in [2.24, 2.45) is 0 Å². The summed E-state index contributed by atoms with van der Waals surface area (Å²) in [5.41, 5.74) is -0.484. The van der Waals surface area contributed by atoms with E-state index in [1.807, 2.05) is 0 Å². The van der Waals surface area contributed by atoms with Crippen LogP contribution in [-0.4, -0.2) is 24.3 Å². The van der Waals surface area contributed by atoms with Gasteiger partial charge >= 0.3 is 6.09 Å². The molecule has 0 radical (unpaired) electrons. The van der Waals surface area contributed by atoms with Gasteiger partial charge in [-0.2, -0.15) is 0 Å². The van der Waals surface area contributed by atoms with E-state index in [4.69, 9.17) is 11.3 Å². The van der Waals surface area contributed by atoms with E-state index in [0.29, 0.717) is 0 Å². The van der Waals surface area contributed by atoms with Crippen LogP contribution in [0.15, 0.2) is 0 Å². The second kappa shape index (κ2) is 4.70. The highest BCUT2D eigenvalue weighted by Crippen LogP contribution is 2.06. The predicted molar refractivity (Wildman–Crippen MR) is 50.3 cm³/mol. The molecule has 1 N–H and O–H groups in total. The number of alkyl carbamates (subject to hydrolysis) is 1. The van der Waals surface area contributed by atoms with Crippen molar-refractivity contribution in [2.45, 2.75) is 39.3 Å². The molecule has 0 heterocycles. The van der Waals surface area contributed by atoms with Crippen LogP contribution in [0.4, 0.5) is 4.79 Å². The van der Waals surface area contributed by atoms with Crippen LogP contribution < -0.4 is 5.32 Å². The number of nitrogens with zero attached hydrogens (tertiary/aromatic N) is 1. The van der Waals surface area contributed by atoms with E-state index < -0.39 is 11.7 Å². The summed E-state index contributed by atoms with van der Waals surface area (Å²) in [4.78, 5) is 14.3. The zero-order valence-electron chi connectivity index (χ0n) is 8.55. The van der Waals surface area contributed by atoms with Gasteiger partial charge in [0.15, 0.2) is 0 Å². The fourth-order valence-electron chi connectivity index (χ4n) is 0.691. The molecule has 4 heteroatoms. The van der Waals surface area contributed by atoms with E-state index in [9.17, 15) is 4.79 Å². The van der Waals surface area contributed by atoms with Gasteiger partial charge in [-0.3, -0.25) is 0 Å². The van der Waals surface area contributed by atoms with Gasteiger partial charge in [0.05, 0.1) is 0 Å². The number of carbonyl (C=O) groups is 1. The van der Waals surface area contributed by atoms with Crippen LogP contribution >= 0.6 is 0 Å². The standard InChI is InChI=1S/C9H16N2O2/c1-7(6-10-5)11-8(12)13-9(2,3)4/h7H,6H2,1-4H3,(H,11,12)/t7-/m1/s1. The van der Waals surface area contributed by atoms with E-state index in [1.54, 1.807) is 27.7 Å². The third kappa shape index (κ3) is 7.13. The Morgan fingerprint density at radius 1 is 1.62 bits per heavy atom. The average Bonchev–Trinajstić information content (AvgIpc) is 1.81. The number of hydrogen-bond acceptors (Lipinski definition) is 2. The molecule has 0 aromatic heterocycles. The van der Waals surface area contributed by atoms with E-state index in [2.05, 4.69) is 10.2 Å². The van der Waals surface area contributed by atoms with Crippen molar-refractivity contribution in [3.63, 3.8) is 0 Å². The summed E-state index contributed by atoms with van der Waals surface area (Å²) in [6, 6.07) is -0.160. The lowest BCUT2D eigenvalue weighted by Gasteiger charge is -2.20. The van der Waals surface area contributed by atoms with Crippen LogP contribution in [0.25, 0.3) is 4.85 Å². The molecule has 0 unspecified atom stereocenters. The zero-order chi connectivity index (χ0) is 10.5. The number of hydrogen-bond donors (Lipinski definition) is 1. The van der Waals surface area contributed by atoms with Crippen LogP contribution in [-0.2, 0) is 4.74 Å². The molecule has 0 bridgehead atoms. The number of amides is 1. The molecule has 13 heavy (non-hydrogen) atoms. The lowest BCUT2D eigenvalue weighted by atomic mass is 10.2. The first-order valence-corrected chi connectivity index (χ1v) is 4.18. The minimum Gasteiger partial charge on any atom is -0.444 e. The first-order valence-electron chi connectivity index (χ1n) is 4.18. The van der Waals surface area contributed by atoms with Gasteiger partial charge in [0.1, 0.15) is 11.6 Å². The normalized spacial score (nSPS) is 12.8. The van der Waals surface area contributed by atoms with Crippen LogP contribution in [0.2, 0.25) is 0 Å². The Hall–Kier alpha value is -1.24. The van der Waals surface area contributed by atoms with E-state index >= 15 is 0 Å². The van der Waals surface area contributed by atoms with Gasteiger partial charge in [-0.1, -0.05) is 0 Å². The fourth-order valence-corrected chi connectivity index (χ4v) is 0.691. The Balaban J connectivity index is 3.83. The van der Waals surface area contributed by atoms with Crippen molar-refractivity contribution >= 4 is 6.09 Å². The molecule has 0 aliphatic rings. The Labute approximate surface area is 79.1 Å². The second-order valence-corrected chi connectivity index (χ2v) is 3.89. The van der Waals surface area contributed by atoms with Gasteiger partial charge in [0, 0.05) is 0 Å². The maximum absolute atomic E-state index is 11.1. The van der Waals surface area contributed by atoms with Crippen molar-refractivity contribution < 1.29 is 9.53 Å². The molecule has 0 aliphatic carbocycles. The quantitative estimate of drug-likeness (QED) is 0.665. The molecule has 0 rings (SSSR count). The molecule has 1 amide bonds. The topological polar surface area (TPSA) is 42.7 Å². The summed E-state index contributed by atoms with van der Waals surface area (Å²) in [7, 11) is 0. The SMILES string of the molecule is [C-]#[N+]C[C@@H](C)NC(=O)OC(C)(C)C. The lowest BCUT2D eigenvalue weighted by Crippen LogP contribution is -2.38. The van der Waals surface area contributed by atoms with Crippen LogP contribution in [0.3, 0.4) is 0 Å². The van der Waals surface area contributed by atoms with Crippen molar-refractivity contribution in [3.8, 4) is 0 Å². The number of rotatable bonds is 2. The van der Waals surface area contributed by atoms with E-state index in [-0.39, 0.29) is 12.6 Å². The molecule has 0 saturated heterocycles.